The number of hydrogen-bond donors (Lipinski definition) is 2. The van der Waals surface area contributed by atoms with E-state index in [1.165, 1.54) is 0 Å². The molecule has 0 aliphatic heterocycles. The van der Waals surface area contributed by atoms with Crippen LogP contribution in [0, 0.1) is 0 Å². The highest BCUT2D eigenvalue weighted by Gasteiger charge is 2.26. The summed E-state index contributed by atoms with van der Waals surface area (Å²) in [6, 6.07) is 2.31. The molecule has 2 unspecified atom stereocenters. The first-order valence-corrected chi connectivity index (χ1v) is 6.12. The molecule has 94 valence electrons. The standard InChI is InChI=1S/C12H20N4O/c1-8(11-6-7-13-16(11)3)14-9(2)12(17)15-10-4-5-10/h6-10,14H,4-5H2,1-3H3,(H,15,17). The number of carbonyl (C=O) groups excluding carboxylic acids is 1. The van der Waals surface area contributed by atoms with Gasteiger partial charge >= 0.3 is 0 Å². The van der Waals surface area contributed by atoms with Crippen LogP contribution in [-0.4, -0.2) is 27.8 Å². The van der Waals surface area contributed by atoms with Crippen molar-refractivity contribution in [2.75, 3.05) is 0 Å². The van der Waals surface area contributed by atoms with E-state index >= 15 is 0 Å². The molecule has 2 rings (SSSR count). The lowest BCUT2D eigenvalue weighted by Gasteiger charge is -2.19. The lowest BCUT2D eigenvalue weighted by molar-refractivity contribution is -0.123. The van der Waals surface area contributed by atoms with Crippen LogP contribution in [0.15, 0.2) is 12.3 Å². The molecule has 2 N–H and O–H groups in total. The summed E-state index contributed by atoms with van der Waals surface area (Å²) in [5.41, 5.74) is 1.08. The van der Waals surface area contributed by atoms with Crippen LogP contribution in [0.3, 0.4) is 0 Å². The van der Waals surface area contributed by atoms with Gasteiger partial charge < -0.3 is 5.32 Å². The van der Waals surface area contributed by atoms with Crippen molar-refractivity contribution in [3.8, 4) is 0 Å². The molecule has 5 nitrogen and oxygen atoms in total. The molecule has 1 aromatic rings. The van der Waals surface area contributed by atoms with E-state index in [4.69, 9.17) is 0 Å². The molecule has 5 heteroatoms. The highest BCUT2D eigenvalue weighted by Crippen LogP contribution is 2.19. The maximum absolute atomic E-state index is 11.8. The second kappa shape index (κ2) is 4.87. The maximum atomic E-state index is 11.8. The number of hydrogen-bond acceptors (Lipinski definition) is 3. The Morgan fingerprint density at radius 3 is 2.76 bits per heavy atom. The molecule has 0 saturated heterocycles. The third-order valence-corrected chi connectivity index (χ3v) is 3.12. The predicted octanol–water partition coefficient (Wildman–Crippen LogP) is 0.738. The summed E-state index contributed by atoms with van der Waals surface area (Å²) >= 11 is 0. The van der Waals surface area contributed by atoms with E-state index in [1.807, 2.05) is 31.6 Å². The minimum atomic E-state index is -0.180. The molecule has 1 aromatic heterocycles. The van der Waals surface area contributed by atoms with Crippen molar-refractivity contribution in [3.63, 3.8) is 0 Å². The lowest BCUT2D eigenvalue weighted by Crippen LogP contribution is -2.44. The Morgan fingerprint density at radius 2 is 2.24 bits per heavy atom. The molecule has 0 bridgehead atoms. The van der Waals surface area contributed by atoms with Crippen molar-refractivity contribution in [3.05, 3.63) is 18.0 Å². The molecular formula is C12H20N4O. The molecule has 0 aromatic carbocycles. The van der Waals surface area contributed by atoms with Crippen LogP contribution in [0.4, 0.5) is 0 Å². The van der Waals surface area contributed by atoms with Gasteiger partial charge in [0.1, 0.15) is 0 Å². The quantitative estimate of drug-likeness (QED) is 0.792. The summed E-state index contributed by atoms with van der Waals surface area (Å²) < 4.78 is 1.82. The smallest absolute Gasteiger partial charge is 0.237 e. The monoisotopic (exact) mass is 236 g/mol. The van der Waals surface area contributed by atoms with E-state index in [0.717, 1.165) is 18.5 Å². The van der Waals surface area contributed by atoms with Crippen molar-refractivity contribution in [1.82, 2.24) is 20.4 Å². The molecule has 1 heterocycles. The molecule has 0 radical (unpaired) electrons. The van der Waals surface area contributed by atoms with Gasteiger partial charge in [-0.25, -0.2) is 0 Å². The largest absolute Gasteiger partial charge is 0.352 e. The van der Waals surface area contributed by atoms with Crippen LogP contribution < -0.4 is 10.6 Å². The SMILES string of the molecule is CC(NC(C)c1ccnn1C)C(=O)NC1CC1. The van der Waals surface area contributed by atoms with Crippen molar-refractivity contribution in [2.24, 2.45) is 7.05 Å². The van der Waals surface area contributed by atoms with Gasteiger partial charge in [-0.05, 0) is 32.8 Å². The molecule has 1 aliphatic rings. The van der Waals surface area contributed by atoms with Gasteiger partial charge in [0.25, 0.3) is 0 Å². The first kappa shape index (κ1) is 12.1. The number of carbonyl (C=O) groups is 1. The van der Waals surface area contributed by atoms with Gasteiger partial charge in [0.2, 0.25) is 5.91 Å². The number of amides is 1. The van der Waals surface area contributed by atoms with Crippen molar-refractivity contribution in [2.45, 2.75) is 44.8 Å². The summed E-state index contributed by atoms with van der Waals surface area (Å²) in [5, 5.41) is 10.4. The zero-order valence-corrected chi connectivity index (χ0v) is 10.6. The fourth-order valence-corrected chi connectivity index (χ4v) is 1.90. The fraction of sp³-hybridized carbons (Fsp3) is 0.667. The Hall–Kier alpha value is -1.36. The minimum absolute atomic E-state index is 0.0847. The third-order valence-electron chi connectivity index (χ3n) is 3.12. The fourth-order valence-electron chi connectivity index (χ4n) is 1.90. The van der Waals surface area contributed by atoms with Crippen LogP contribution in [0.25, 0.3) is 0 Å². The summed E-state index contributed by atoms with van der Waals surface area (Å²) in [7, 11) is 1.91. The van der Waals surface area contributed by atoms with Gasteiger partial charge in [-0.15, -0.1) is 0 Å². The summed E-state index contributed by atoms with van der Waals surface area (Å²) in [6.45, 7) is 3.93. The zero-order valence-electron chi connectivity index (χ0n) is 10.6. The lowest BCUT2D eigenvalue weighted by atomic mass is 10.2. The first-order valence-electron chi connectivity index (χ1n) is 6.12. The van der Waals surface area contributed by atoms with E-state index < -0.39 is 0 Å². The summed E-state index contributed by atoms with van der Waals surface area (Å²) in [6.07, 6.45) is 4.01. The number of aromatic nitrogens is 2. The Labute approximate surface area is 102 Å². The van der Waals surface area contributed by atoms with Crippen LogP contribution in [0.5, 0.6) is 0 Å². The molecule has 1 amide bonds. The molecule has 1 aliphatic carbocycles. The van der Waals surface area contributed by atoms with Gasteiger partial charge in [0, 0.05) is 25.3 Å². The van der Waals surface area contributed by atoms with Gasteiger partial charge in [-0.3, -0.25) is 14.8 Å². The summed E-state index contributed by atoms with van der Waals surface area (Å²) in [5.74, 6) is 0.0847. The topological polar surface area (TPSA) is 59.0 Å². The average Bonchev–Trinajstić information content (AvgIpc) is 2.98. The molecule has 1 fully saturated rings. The maximum Gasteiger partial charge on any atom is 0.237 e. The second-order valence-corrected chi connectivity index (χ2v) is 4.77. The number of rotatable bonds is 5. The zero-order chi connectivity index (χ0) is 12.4. The first-order chi connectivity index (χ1) is 8.08. The highest BCUT2D eigenvalue weighted by molar-refractivity contribution is 5.81. The Morgan fingerprint density at radius 1 is 1.53 bits per heavy atom. The van der Waals surface area contributed by atoms with Crippen LogP contribution in [0.2, 0.25) is 0 Å². The number of nitrogens with zero attached hydrogens (tertiary/aromatic N) is 2. The normalized spacial score (nSPS) is 18.8. The van der Waals surface area contributed by atoms with Gasteiger partial charge in [0.05, 0.1) is 11.7 Å². The van der Waals surface area contributed by atoms with Gasteiger partial charge in [0.15, 0.2) is 0 Å². The van der Waals surface area contributed by atoms with Gasteiger partial charge in [-0.1, -0.05) is 0 Å². The third kappa shape index (κ3) is 3.06. The van der Waals surface area contributed by atoms with Crippen molar-refractivity contribution >= 4 is 5.91 Å². The predicted molar refractivity (Wildman–Crippen MR) is 65.4 cm³/mol. The van der Waals surface area contributed by atoms with E-state index in [0.29, 0.717) is 6.04 Å². The second-order valence-electron chi connectivity index (χ2n) is 4.77. The van der Waals surface area contributed by atoms with Crippen LogP contribution in [0.1, 0.15) is 38.4 Å². The Balaban J connectivity index is 1.86. The van der Waals surface area contributed by atoms with Crippen LogP contribution >= 0.6 is 0 Å². The summed E-state index contributed by atoms with van der Waals surface area (Å²) in [4.78, 5) is 11.8. The Kier molecular flexibility index (Phi) is 3.47. The van der Waals surface area contributed by atoms with Gasteiger partial charge in [-0.2, -0.15) is 5.10 Å². The van der Waals surface area contributed by atoms with Crippen molar-refractivity contribution < 1.29 is 4.79 Å². The Bertz CT molecular complexity index is 397. The molecule has 2 atom stereocenters. The average molecular weight is 236 g/mol. The number of aryl methyl sites for hydroxylation is 1. The minimum Gasteiger partial charge on any atom is -0.352 e. The van der Waals surface area contributed by atoms with E-state index in [2.05, 4.69) is 15.7 Å². The highest BCUT2D eigenvalue weighted by atomic mass is 16.2. The van der Waals surface area contributed by atoms with E-state index in [9.17, 15) is 4.79 Å². The van der Waals surface area contributed by atoms with E-state index in [-0.39, 0.29) is 18.0 Å². The molecular weight excluding hydrogens is 216 g/mol. The van der Waals surface area contributed by atoms with Crippen molar-refractivity contribution in [1.29, 1.82) is 0 Å². The molecule has 1 saturated carbocycles. The molecule has 17 heavy (non-hydrogen) atoms. The number of nitrogens with one attached hydrogen (secondary N) is 2. The molecule has 0 spiro atoms. The van der Waals surface area contributed by atoms with E-state index in [1.54, 1.807) is 6.20 Å². The van der Waals surface area contributed by atoms with Crippen LogP contribution in [-0.2, 0) is 11.8 Å².